The predicted molar refractivity (Wildman–Crippen MR) is 149 cm³/mol. The summed E-state index contributed by atoms with van der Waals surface area (Å²) >= 11 is 0. The molecule has 1 aliphatic heterocycles. The van der Waals surface area contributed by atoms with E-state index in [1.54, 1.807) is 23.4 Å². The molecule has 1 aliphatic rings. The number of nitrogens with zero attached hydrogens (tertiary/aromatic N) is 3. The van der Waals surface area contributed by atoms with Crippen LogP contribution in [0.15, 0.2) is 103 Å². The molecule has 208 valence electrons. The Hall–Kier alpha value is -4.59. The summed E-state index contributed by atoms with van der Waals surface area (Å²) in [6, 6.07) is 26.6. The number of ether oxygens (including phenoxy) is 1. The van der Waals surface area contributed by atoms with Crippen LogP contribution in [0, 0.1) is 0 Å². The highest BCUT2D eigenvalue weighted by atomic mass is 19.4. The molecule has 6 rings (SSSR count). The number of alkyl halides is 3. The predicted octanol–water partition coefficient (Wildman–Crippen LogP) is 7.04. The van der Waals surface area contributed by atoms with Gasteiger partial charge in [-0.15, -0.1) is 0 Å². The van der Waals surface area contributed by atoms with Crippen molar-refractivity contribution >= 4 is 11.6 Å². The molecule has 3 aromatic carbocycles. The summed E-state index contributed by atoms with van der Waals surface area (Å²) in [5.41, 5.74) is 4.12. The highest BCUT2D eigenvalue weighted by Gasteiger charge is 2.33. The second-order valence-corrected chi connectivity index (χ2v) is 10.2. The molecule has 3 heterocycles. The summed E-state index contributed by atoms with van der Waals surface area (Å²) in [4.78, 5) is 20.1. The average molecular weight is 556 g/mol. The molecule has 0 spiro atoms. The fraction of sp³-hybridized carbons (Fsp3) is 0.212. The normalized spacial score (nSPS) is 14.1. The molecule has 0 aliphatic carbocycles. The van der Waals surface area contributed by atoms with E-state index < -0.39 is 17.7 Å². The van der Waals surface area contributed by atoms with Crippen LogP contribution in [0.5, 0.6) is 5.75 Å². The largest absolute Gasteiger partial charge is 0.485 e. The van der Waals surface area contributed by atoms with Gasteiger partial charge in [0.1, 0.15) is 6.61 Å². The van der Waals surface area contributed by atoms with E-state index in [2.05, 4.69) is 11.1 Å². The third-order valence-corrected chi connectivity index (χ3v) is 7.60. The summed E-state index contributed by atoms with van der Waals surface area (Å²) in [7, 11) is 0. The van der Waals surface area contributed by atoms with Crippen LogP contribution in [0.25, 0.3) is 5.65 Å². The Labute approximate surface area is 235 Å². The average Bonchev–Trinajstić information content (AvgIpc) is 3.43. The lowest BCUT2D eigenvalue weighted by Gasteiger charge is -2.30. The minimum Gasteiger partial charge on any atom is -0.485 e. The van der Waals surface area contributed by atoms with Crippen LogP contribution in [0.2, 0.25) is 0 Å². The molecule has 1 atom stereocenters. The lowest BCUT2D eigenvalue weighted by Crippen LogP contribution is -2.36. The zero-order valence-electron chi connectivity index (χ0n) is 22.2. The first-order valence-electron chi connectivity index (χ1n) is 13.5. The van der Waals surface area contributed by atoms with E-state index in [0.29, 0.717) is 42.4 Å². The van der Waals surface area contributed by atoms with Crippen molar-refractivity contribution in [1.29, 1.82) is 0 Å². The van der Waals surface area contributed by atoms with Crippen molar-refractivity contribution in [2.24, 2.45) is 0 Å². The first-order chi connectivity index (χ1) is 19.9. The molecule has 1 amide bonds. The van der Waals surface area contributed by atoms with E-state index >= 15 is 0 Å². The van der Waals surface area contributed by atoms with Gasteiger partial charge < -0.3 is 14.0 Å². The molecule has 0 saturated carbocycles. The lowest BCUT2D eigenvalue weighted by molar-refractivity contribution is -0.137. The molecule has 8 heteroatoms. The molecule has 0 N–H and O–H groups in total. The van der Waals surface area contributed by atoms with Crippen molar-refractivity contribution in [3.63, 3.8) is 0 Å². The van der Waals surface area contributed by atoms with Gasteiger partial charge in [0, 0.05) is 37.8 Å². The molecular formula is C33H28F3N3O2. The number of hydrogen-bond acceptors (Lipinski definition) is 3. The number of halogens is 3. The van der Waals surface area contributed by atoms with Gasteiger partial charge in [0.05, 0.1) is 11.3 Å². The topological polar surface area (TPSA) is 46.8 Å². The summed E-state index contributed by atoms with van der Waals surface area (Å²) in [5, 5.41) is 0. The summed E-state index contributed by atoms with van der Waals surface area (Å²) in [5.74, 6) is -0.223. The van der Waals surface area contributed by atoms with Gasteiger partial charge >= 0.3 is 6.18 Å². The van der Waals surface area contributed by atoms with Crippen molar-refractivity contribution in [3.8, 4) is 5.75 Å². The highest BCUT2D eigenvalue weighted by molar-refractivity contribution is 5.78. The molecule has 0 fully saturated rings. The maximum absolute atomic E-state index is 13.7. The third-order valence-electron chi connectivity index (χ3n) is 7.60. The van der Waals surface area contributed by atoms with Crippen molar-refractivity contribution in [1.82, 2.24) is 14.3 Å². The van der Waals surface area contributed by atoms with Crippen LogP contribution in [-0.4, -0.2) is 26.7 Å². The van der Waals surface area contributed by atoms with E-state index in [1.165, 1.54) is 11.6 Å². The SMILES string of the molecule is O=C(CC(c1cccc(C(F)(F)F)c1)c1cnc2c(OCc3ccccc3)cccn12)N1CCc2ccccc2C1. The lowest BCUT2D eigenvalue weighted by atomic mass is 9.90. The minimum absolute atomic E-state index is 0.00632. The number of aromatic nitrogens is 2. The quantitative estimate of drug-likeness (QED) is 0.216. The molecule has 0 radical (unpaired) electrons. The Balaban J connectivity index is 1.34. The van der Waals surface area contributed by atoms with Crippen LogP contribution in [0.3, 0.4) is 0 Å². The maximum Gasteiger partial charge on any atom is 0.416 e. The van der Waals surface area contributed by atoms with E-state index in [-0.39, 0.29) is 12.3 Å². The number of pyridine rings is 1. The number of hydrogen-bond donors (Lipinski definition) is 0. The Bertz CT molecular complexity index is 1680. The third kappa shape index (κ3) is 5.68. The fourth-order valence-electron chi connectivity index (χ4n) is 5.45. The van der Waals surface area contributed by atoms with E-state index in [4.69, 9.17) is 4.74 Å². The van der Waals surface area contributed by atoms with E-state index in [0.717, 1.165) is 29.7 Å². The first-order valence-corrected chi connectivity index (χ1v) is 13.5. The molecule has 1 unspecified atom stereocenters. The van der Waals surface area contributed by atoms with Crippen LogP contribution >= 0.6 is 0 Å². The molecule has 5 nitrogen and oxygen atoms in total. The fourth-order valence-corrected chi connectivity index (χ4v) is 5.45. The molecule has 2 aromatic heterocycles. The Morgan fingerprint density at radius 2 is 1.71 bits per heavy atom. The molecule has 41 heavy (non-hydrogen) atoms. The Morgan fingerprint density at radius 1 is 0.927 bits per heavy atom. The number of amides is 1. The van der Waals surface area contributed by atoms with Gasteiger partial charge in [-0.1, -0.05) is 72.8 Å². The van der Waals surface area contributed by atoms with Crippen LogP contribution < -0.4 is 4.74 Å². The molecule has 5 aromatic rings. The zero-order chi connectivity index (χ0) is 28.4. The minimum atomic E-state index is -4.50. The summed E-state index contributed by atoms with van der Waals surface area (Å²) < 4.78 is 48.9. The second kappa shape index (κ2) is 11.1. The van der Waals surface area contributed by atoms with Gasteiger partial charge in [0.25, 0.3) is 0 Å². The van der Waals surface area contributed by atoms with Gasteiger partial charge in [-0.05, 0) is 46.9 Å². The zero-order valence-corrected chi connectivity index (χ0v) is 22.2. The number of rotatable bonds is 7. The number of carbonyl (C=O) groups excluding carboxylic acids is 1. The first kappa shape index (κ1) is 26.6. The van der Waals surface area contributed by atoms with Crippen molar-refractivity contribution < 1.29 is 22.7 Å². The Kier molecular flexibility index (Phi) is 7.22. The monoisotopic (exact) mass is 555 g/mol. The highest BCUT2D eigenvalue weighted by Crippen LogP contribution is 2.36. The number of fused-ring (bicyclic) bond motifs is 2. The Morgan fingerprint density at radius 3 is 2.51 bits per heavy atom. The van der Waals surface area contributed by atoms with Crippen LogP contribution in [0.1, 0.15) is 45.8 Å². The molecule has 0 saturated heterocycles. The second-order valence-electron chi connectivity index (χ2n) is 10.2. The van der Waals surface area contributed by atoms with Gasteiger partial charge in [0.15, 0.2) is 11.4 Å². The number of carbonyl (C=O) groups is 1. The standard InChI is InChI=1S/C33H28F3N3O2/c34-33(35,36)27-13-6-12-25(18-27)28(19-31(40)38-17-15-24-10-4-5-11-26(24)21-38)29-20-37-32-30(14-7-16-39(29)32)41-22-23-8-2-1-3-9-23/h1-14,16,18,20,28H,15,17,19,21-22H2. The van der Waals surface area contributed by atoms with E-state index in [9.17, 15) is 18.0 Å². The summed E-state index contributed by atoms with van der Waals surface area (Å²) in [6.07, 6.45) is -0.316. The van der Waals surface area contributed by atoms with Crippen molar-refractivity contribution in [2.45, 2.75) is 38.1 Å². The molecule has 0 bridgehead atoms. The number of benzene rings is 3. The molecular weight excluding hydrogens is 527 g/mol. The van der Waals surface area contributed by atoms with Gasteiger partial charge in [-0.25, -0.2) is 4.98 Å². The van der Waals surface area contributed by atoms with Crippen LogP contribution in [0.4, 0.5) is 13.2 Å². The maximum atomic E-state index is 13.7. The van der Waals surface area contributed by atoms with Gasteiger partial charge in [0.2, 0.25) is 5.91 Å². The summed E-state index contributed by atoms with van der Waals surface area (Å²) in [6.45, 7) is 1.39. The van der Waals surface area contributed by atoms with Crippen LogP contribution in [-0.2, 0) is 30.5 Å². The smallest absolute Gasteiger partial charge is 0.416 e. The van der Waals surface area contributed by atoms with Crippen molar-refractivity contribution in [3.05, 3.63) is 137 Å². The number of imidazole rings is 1. The van der Waals surface area contributed by atoms with Gasteiger partial charge in [-0.2, -0.15) is 13.2 Å². The van der Waals surface area contributed by atoms with Gasteiger partial charge in [-0.3, -0.25) is 4.79 Å². The van der Waals surface area contributed by atoms with E-state index in [1.807, 2.05) is 65.1 Å². The van der Waals surface area contributed by atoms with Crippen molar-refractivity contribution in [2.75, 3.05) is 6.54 Å².